The number of carbonyl (C=O) groups excluding carboxylic acids is 1. The Morgan fingerprint density at radius 2 is 1.83 bits per heavy atom. The topological polar surface area (TPSA) is 65.7 Å². The highest BCUT2D eigenvalue weighted by atomic mass is 19.1. The smallest absolute Gasteiger partial charge is 0.339 e. The highest BCUT2D eigenvalue weighted by molar-refractivity contribution is 5.97. The number of ketones is 1. The van der Waals surface area contributed by atoms with Gasteiger partial charge in [-0.05, 0) is 68.5 Å². The third-order valence-electron chi connectivity index (χ3n) is 5.42. The normalized spacial score (nSPS) is 13.2. The summed E-state index contributed by atoms with van der Waals surface area (Å²) >= 11 is 0. The zero-order valence-electron chi connectivity index (χ0n) is 16.3. The number of rotatable bonds is 5. The molecule has 0 bridgehead atoms. The Labute approximate surface area is 167 Å². The van der Waals surface area contributed by atoms with Gasteiger partial charge in [-0.25, -0.2) is 9.18 Å². The molecule has 1 aliphatic carbocycles. The number of methoxy groups -OCH3 is 1. The molecule has 0 unspecified atom stereocenters. The molecule has 0 N–H and O–H groups in total. The van der Waals surface area contributed by atoms with Gasteiger partial charge in [0.2, 0.25) is 0 Å². The fourth-order valence-electron chi connectivity index (χ4n) is 3.85. The third kappa shape index (κ3) is 3.50. The maximum Gasteiger partial charge on any atom is 0.339 e. The van der Waals surface area contributed by atoms with Gasteiger partial charge in [-0.3, -0.25) is 4.79 Å². The molecule has 0 radical (unpaired) electrons. The molecule has 0 spiro atoms. The average molecular weight is 396 g/mol. The Morgan fingerprint density at radius 1 is 1.10 bits per heavy atom. The van der Waals surface area contributed by atoms with Crippen LogP contribution in [-0.2, 0) is 12.8 Å². The first-order chi connectivity index (χ1) is 14.0. The van der Waals surface area contributed by atoms with E-state index in [-0.39, 0.29) is 29.3 Å². The molecule has 0 aliphatic heterocycles. The van der Waals surface area contributed by atoms with Crippen molar-refractivity contribution < 1.29 is 23.1 Å². The van der Waals surface area contributed by atoms with Crippen molar-refractivity contribution in [1.29, 1.82) is 0 Å². The summed E-state index contributed by atoms with van der Waals surface area (Å²) < 4.78 is 29.9. The molecule has 1 aromatic heterocycles. The molecule has 0 saturated heterocycles. The predicted molar refractivity (Wildman–Crippen MR) is 107 cm³/mol. The summed E-state index contributed by atoms with van der Waals surface area (Å²) in [5.41, 5.74) is 2.90. The van der Waals surface area contributed by atoms with Crippen molar-refractivity contribution in [3.8, 4) is 11.5 Å². The van der Waals surface area contributed by atoms with Gasteiger partial charge in [0, 0.05) is 22.1 Å². The van der Waals surface area contributed by atoms with Crippen LogP contribution in [0.4, 0.5) is 4.39 Å². The number of Topliss-reactive ketones (excluding diaryl/α,β-unsaturated/α-hetero) is 1. The SMILES string of the molecule is COc1ccc(C(=O)COc2ccc3c4c(c(=O)oc3c2C)CCCC4)cc1F. The first-order valence-corrected chi connectivity index (χ1v) is 9.57. The molecule has 0 amide bonds. The van der Waals surface area contributed by atoms with Gasteiger partial charge in [0.05, 0.1) is 7.11 Å². The van der Waals surface area contributed by atoms with E-state index in [0.29, 0.717) is 16.9 Å². The largest absolute Gasteiger partial charge is 0.494 e. The molecule has 0 saturated carbocycles. The van der Waals surface area contributed by atoms with Gasteiger partial charge in [-0.1, -0.05) is 0 Å². The van der Waals surface area contributed by atoms with Gasteiger partial charge >= 0.3 is 5.63 Å². The number of halogens is 1. The summed E-state index contributed by atoms with van der Waals surface area (Å²) in [6.45, 7) is 1.54. The van der Waals surface area contributed by atoms with Crippen LogP contribution in [0.25, 0.3) is 11.0 Å². The maximum absolute atomic E-state index is 13.8. The molecule has 5 nitrogen and oxygen atoms in total. The minimum Gasteiger partial charge on any atom is -0.494 e. The highest BCUT2D eigenvalue weighted by Gasteiger charge is 2.20. The number of benzene rings is 2. The highest BCUT2D eigenvalue weighted by Crippen LogP contribution is 2.32. The Hall–Kier alpha value is -3.15. The van der Waals surface area contributed by atoms with Crippen LogP contribution in [0.2, 0.25) is 0 Å². The summed E-state index contributed by atoms with van der Waals surface area (Å²) in [5.74, 6) is -0.435. The van der Waals surface area contributed by atoms with Crippen molar-refractivity contribution in [3.63, 3.8) is 0 Å². The van der Waals surface area contributed by atoms with E-state index in [1.165, 1.54) is 19.2 Å². The van der Waals surface area contributed by atoms with Crippen LogP contribution in [0.1, 0.15) is 39.9 Å². The van der Waals surface area contributed by atoms with E-state index in [9.17, 15) is 14.0 Å². The molecule has 150 valence electrons. The fourth-order valence-corrected chi connectivity index (χ4v) is 3.85. The summed E-state index contributed by atoms with van der Waals surface area (Å²) in [6.07, 6.45) is 3.66. The van der Waals surface area contributed by atoms with Crippen molar-refractivity contribution in [3.05, 3.63) is 68.8 Å². The van der Waals surface area contributed by atoms with Crippen LogP contribution < -0.4 is 15.1 Å². The van der Waals surface area contributed by atoms with Crippen molar-refractivity contribution in [2.45, 2.75) is 32.6 Å². The van der Waals surface area contributed by atoms with Crippen LogP contribution in [0.3, 0.4) is 0 Å². The fraction of sp³-hybridized carbons (Fsp3) is 0.304. The molecule has 0 atom stereocenters. The lowest BCUT2D eigenvalue weighted by atomic mass is 9.90. The summed E-state index contributed by atoms with van der Waals surface area (Å²) in [6, 6.07) is 7.69. The molecular weight excluding hydrogens is 375 g/mol. The van der Waals surface area contributed by atoms with E-state index < -0.39 is 5.82 Å². The van der Waals surface area contributed by atoms with Gasteiger partial charge in [0.15, 0.2) is 24.0 Å². The third-order valence-corrected chi connectivity index (χ3v) is 5.42. The Balaban J connectivity index is 1.60. The molecule has 29 heavy (non-hydrogen) atoms. The van der Waals surface area contributed by atoms with Crippen molar-refractivity contribution in [2.75, 3.05) is 13.7 Å². The van der Waals surface area contributed by atoms with E-state index in [1.807, 2.05) is 6.07 Å². The number of hydrogen-bond acceptors (Lipinski definition) is 5. The standard InChI is InChI=1S/C23H21FO5/c1-13-20(28-12-19(25)14-7-9-21(27-2)18(24)11-14)10-8-16-15-5-3-4-6-17(15)23(26)29-22(13)16/h7-11H,3-6,12H2,1-2H3. The van der Waals surface area contributed by atoms with Crippen LogP contribution in [-0.4, -0.2) is 19.5 Å². The van der Waals surface area contributed by atoms with Gasteiger partial charge in [-0.2, -0.15) is 0 Å². The van der Waals surface area contributed by atoms with Crippen molar-refractivity contribution in [2.24, 2.45) is 0 Å². The predicted octanol–water partition coefficient (Wildman–Crippen LogP) is 4.39. The lowest BCUT2D eigenvalue weighted by molar-refractivity contribution is 0.0920. The lowest BCUT2D eigenvalue weighted by Gasteiger charge is -2.18. The number of fused-ring (bicyclic) bond motifs is 3. The Bertz CT molecular complexity index is 1160. The van der Waals surface area contributed by atoms with Crippen molar-refractivity contribution in [1.82, 2.24) is 0 Å². The zero-order valence-corrected chi connectivity index (χ0v) is 16.3. The molecule has 6 heteroatoms. The van der Waals surface area contributed by atoms with E-state index in [2.05, 4.69) is 0 Å². The minimum absolute atomic E-state index is 0.0752. The second-order valence-corrected chi connectivity index (χ2v) is 7.18. The quantitative estimate of drug-likeness (QED) is 0.473. The monoisotopic (exact) mass is 396 g/mol. The molecule has 2 aromatic carbocycles. The van der Waals surface area contributed by atoms with E-state index >= 15 is 0 Å². The summed E-state index contributed by atoms with van der Waals surface area (Å²) in [5, 5.41) is 0.924. The second kappa shape index (κ2) is 7.70. The van der Waals surface area contributed by atoms with Gasteiger partial charge in [0.1, 0.15) is 11.3 Å². The second-order valence-electron chi connectivity index (χ2n) is 7.18. The van der Waals surface area contributed by atoms with Crippen LogP contribution >= 0.6 is 0 Å². The minimum atomic E-state index is -0.605. The number of ether oxygens (including phenoxy) is 2. The first-order valence-electron chi connectivity index (χ1n) is 9.57. The molecular formula is C23H21FO5. The molecule has 1 aliphatic rings. The first kappa shape index (κ1) is 19.2. The number of carbonyl (C=O) groups is 1. The van der Waals surface area contributed by atoms with Crippen molar-refractivity contribution >= 4 is 16.8 Å². The molecule has 1 heterocycles. The van der Waals surface area contributed by atoms with E-state index in [1.54, 1.807) is 13.0 Å². The molecule has 4 rings (SSSR count). The molecule has 3 aromatic rings. The Morgan fingerprint density at radius 3 is 2.55 bits per heavy atom. The van der Waals surface area contributed by atoms with Gasteiger partial charge in [0.25, 0.3) is 0 Å². The van der Waals surface area contributed by atoms with Crippen LogP contribution in [0.5, 0.6) is 11.5 Å². The van der Waals surface area contributed by atoms with Crippen LogP contribution in [0.15, 0.2) is 39.5 Å². The van der Waals surface area contributed by atoms with Gasteiger partial charge < -0.3 is 13.9 Å². The van der Waals surface area contributed by atoms with Crippen LogP contribution in [0, 0.1) is 12.7 Å². The summed E-state index contributed by atoms with van der Waals surface area (Å²) in [4.78, 5) is 24.8. The van der Waals surface area contributed by atoms with E-state index in [0.717, 1.165) is 48.3 Å². The maximum atomic E-state index is 13.8. The average Bonchev–Trinajstić information content (AvgIpc) is 2.73. The molecule has 0 fully saturated rings. The van der Waals surface area contributed by atoms with Gasteiger partial charge in [-0.15, -0.1) is 0 Å². The number of hydrogen-bond donors (Lipinski definition) is 0. The Kier molecular flexibility index (Phi) is 5.09. The van der Waals surface area contributed by atoms with E-state index in [4.69, 9.17) is 13.9 Å². The zero-order chi connectivity index (χ0) is 20.5. The number of aryl methyl sites for hydroxylation is 2. The lowest BCUT2D eigenvalue weighted by Crippen LogP contribution is -2.16. The summed E-state index contributed by atoms with van der Waals surface area (Å²) in [7, 11) is 1.36.